The van der Waals surface area contributed by atoms with E-state index in [1.54, 1.807) is 42.7 Å². The first-order valence-electron chi connectivity index (χ1n) is 7.63. The molecule has 4 rings (SSSR count). The molecule has 0 saturated carbocycles. The Hall–Kier alpha value is -3.78. The molecule has 0 unspecified atom stereocenters. The molecule has 0 amide bonds. The number of aromatic nitrogens is 3. The van der Waals surface area contributed by atoms with E-state index in [4.69, 9.17) is 6.57 Å². The van der Waals surface area contributed by atoms with Gasteiger partial charge in [-0.05, 0) is 42.0 Å². The topological polar surface area (TPSA) is 63.3 Å². The number of phenols is 1. The van der Waals surface area contributed by atoms with Crippen LogP contribution in [0.15, 0.2) is 67.0 Å². The monoisotopic (exact) mass is 324 g/mol. The van der Waals surface area contributed by atoms with Gasteiger partial charge < -0.3 is 5.11 Å². The molecule has 2 aromatic carbocycles. The Balaban J connectivity index is 1.81. The van der Waals surface area contributed by atoms with Gasteiger partial charge in [-0.1, -0.05) is 18.2 Å². The van der Waals surface area contributed by atoms with Gasteiger partial charge in [-0.15, -0.1) is 0 Å². The molecule has 25 heavy (non-hydrogen) atoms. The van der Waals surface area contributed by atoms with Gasteiger partial charge in [0.2, 0.25) is 0 Å². The Morgan fingerprint density at radius 2 is 1.64 bits per heavy atom. The molecule has 0 fully saturated rings. The maximum Gasteiger partial charge on any atom is 0.187 e. The van der Waals surface area contributed by atoms with E-state index in [0.717, 1.165) is 22.2 Å². The zero-order valence-corrected chi connectivity index (χ0v) is 13.1. The van der Waals surface area contributed by atoms with Crippen LogP contribution in [0.1, 0.15) is 0 Å². The molecule has 0 aliphatic heterocycles. The fourth-order valence-electron chi connectivity index (χ4n) is 2.58. The summed E-state index contributed by atoms with van der Waals surface area (Å²) in [5.74, 6) is 0.773. The largest absolute Gasteiger partial charge is 0.508 e. The van der Waals surface area contributed by atoms with Crippen molar-refractivity contribution in [3.05, 3.63) is 78.4 Å². The third kappa shape index (κ3) is 2.89. The molecule has 118 valence electrons. The number of hydrogen-bond acceptors (Lipinski definition) is 4. The third-order valence-electron chi connectivity index (χ3n) is 3.87. The number of aromatic hydroxyl groups is 1. The van der Waals surface area contributed by atoms with Gasteiger partial charge in [0.15, 0.2) is 11.5 Å². The highest BCUT2D eigenvalue weighted by molar-refractivity contribution is 5.81. The lowest BCUT2D eigenvalue weighted by Crippen LogP contribution is -1.92. The predicted molar refractivity (Wildman–Crippen MR) is 96.1 cm³/mol. The van der Waals surface area contributed by atoms with Gasteiger partial charge in [-0.2, -0.15) is 0 Å². The van der Waals surface area contributed by atoms with E-state index < -0.39 is 0 Å². The van der Waals surface area contributed by atoms with Crippen LogP contribution in [-0.2, 0) is 0 Å². The van der Waals surface area contributed by atoms with Gasteiger partial charge >= 0.3 is 0 Å². The minimum atomic E-state index is 0.202. The van der Waals surface area contributed by atoms with E-state index in [0.29, 0.717) is 17.0 Å². The normalized spacial score (nSPS) is 10.5. The lowest BCUT2D eigenvalue weighted by atomic mass is 10.1. The first kappa shape index (κ1) is 14.8. The number of phenolic OH excluding ortho intramolecular Hbond substituents is 1. The Labute approximate surface area is 144 Å². The van der Waals surface area contributed by atoms with Crippen LogP contribution >= 0.6 is 0 Å². The van der Waals surface area contributed by atoms with Crippen molar-refractivity contribution >= 4 is 16.7 Å². The van der Waals surface area contributed by atoms with Crippen LogP contribution in [0.5, 0.6) is 5.75 Å². The molecular weight excluding hydrogens is 312 g/mol. The second-order valence-electron chi connectivity index (χ2n) is 5.53. The van der Waals surface area contributed by atoms with Crippen molar-refractivity contribution in [2.24, 2.45) is 0 Å². The molecule has 0 spiro atoms. The van der Waals surface area contributed by atoms with Crippen molar-refractivity contribution in [3.8, 4) is 28.3 Å². The zero-order valence-electron chi connectivity index (χ0n) is 13.1. The molecular formula is C20H12N4O. The molecule has 5 heteroatoms. The van der Waals surface area contributed by atoms with Crippen molar-refractivity contribution in [3.63, 3.8) is 0 Å². The highest BCUT2D eigenvalue weighted by atomic mass is 16.3. The molecule has 0 atom stereocenters. The van der Waals surface area contributed by atoms with Gasteiger partial charge in [0.1, 0.15) is 11.3 Å². The maximum absolute atomic E-state index is 9.41. The number of hydrogen-bond donors (Lipinski definition) is 1. The van der Waals surface area contributed by atoms with Crippen molar-refractivity contribution in [2.45, 2.75) is 0 Å². The van der Waals surface area contributed by atoms with E-state index in [2.05, 4.69) is 19.8 Å². The summed E-state index contributed by atoms with van der Waals surface area (Å²) in [5, 5.41) is 9.41. The minimum absolute atomic E-state index is 0.202. The van der Waals surface area contributed by atoms with Gasteiger partial charge in [-0.3, -0.25) is 4.98 Å². The predicted octanol–water partition coefficient (Wildman–Crippen LogP) is 4.62. The quantitative estimate of drug-likeness (QED) is 0.547. The molecule has 1 N–H and O–H groups in total. The maximum atomic E-state index is 9.41. The average molecular weight is 324 g/mol. The van der Waals surface area contributed by atoms with Crippen molar-refractivity contribution in [1.29, 1.82) is 0 Å². The van der Waals surface area contributed by atoms with E-state index in [9.17, 15) is 5.11 Å². The molecule has 4 aromatic rings. The average Bonchev–Trinajstić information content (AvgIpc) is 2.68. The van der Waals surface area contributed by atoms with Crippen LogP contribution < -0.4 is 0 Å². The summed E-state index contributed by atoms with van der Waals surface area (Å²) in [6.07, 6.45) is 3.44. The van der Waals surface area contributed by atoms with Crippen molar-refractivity contribution < 1.29 is 5.11 Å². The fourth-order valence-corrected chi connectivity index (χ4v) is 2.58. The van der Waals surface area contributed by atoms with Crippen molar-refractivity contribution in [1.82, 2.24) is 15.0 Å². The molecule has 0 aliphatic rings. The first-order chi connectivity index (χ1) is 12.2. The van der Waals surface area contributed by atoms with Gasteiger partial charge in [0.25, 0.3) is 0 Å². The zero-order chi connectivity index (χ0) is 17.2. The molecule has 5 nitrogen and oxygen atoms in total. The lowest BCUT2D eigenvalue weighted by Gasteiger charge is -2.05. The van der Waals surface area contributed by atoms with Crippen LogP contribution in [0, 0.1) is 6.57 Å². The lowest BCUT2D eigenvalue weighted by molar-refractivity contribution is 0.475. The highest BCUT2D eigenvalue weighted by Gasteiger charge is 2.07. The molecule has 0 aliphatic carbocycles. The van der Waals surface area contributed by atoms with Gasteiger partial charge in [-0.25, -0.2) is 14.8 Å². The van der Waals surface area contributed by atoms with Gasteiger partial charge in [0, 0.05) is 17.3 Å². The Kier molecular flexibility index (Phi) is 3.56. The number of fused-ring (bicyclic) bond motifs is 1. The van der Waals surface area contributed by atoms with E-state index in [1.807, 2.05) is 24.3 Å². The van der Waals surface area contributed by atoms with E-state index in [1.165, 1.54) is 0 Å². The minimum Gasteiger partial charge on any atom is -0.508 e. The first-order valence-corrected chi connectivity index (χ1v) is 7.63. The van der Waals surface area contributed by atoms with Crippen LogP contribution in [0.2, 0.25) is 0 Å². The van der Waals surface area contributed by atoms with E-state index in [-0.39, 0.29) is 5.75 Å². The summed E-state index contributed by atoms with van der Waals surface area (Å²) in [6.45, 7) is 7.14. The number of rotatable bonds is 2. The summed E-state index contributed by atoms with van der Waals surface area (Å²) >= 11 is 0. The fraction of sp³-hybridized carbons (Fsp3) is 0. The van der Waals surface area contributed by atoms with Crippen molar-refractivity contribution in [2.75, 3.05) is 0 Å². The van der Waals surface area contributed by atoms with Gasteiger partial charge in [0.05, 0.1) is 18.3 Å². The number of nitrogens with zero attached hydrogens (tertiary/aromatic N) is 4. The molecule has 0 saturated heterocycles. The molecule has 2 aromatic heterocycles. The summed E-state index contributed by atoms with van der Waals surface area (Å²) < 4.78 is 0. The number of benzene rings is 2. The SMILES string of the molecule is [C-]#[N+]c1cccc(-c2cnc3cnc(-c4ccc(O)cc4)nc3c2)c1. The van der Waals surface area contributed by atoms with E-state index >= 15 is 0 Å². The summed E-state index contributed by atoms with van der Waals surface area (Å²) in [5.41, 5.74) is 4.66. The highest BCUT2D eigenvalue weighted by Crippen LogP contribution is 2.26. The second kappa shape index (κ2) is 6.02. The van der Waals surface area contributed by atoms with Crippen LogP contribution in [-0.4, -0.2) is 20.1 Å². The smallest absolute Gasteiger partial charge is 0.187 e. The molecule has 0 bridgehead atoms. The third-order valence-corrected chi connectivity index (χ3v) is 3.87. The number of pyridine rings is 1. The molecule has 2 heterocycles. The summed E-state index contributed by atoms with van der Waals surface area (Å²) in [4.78, 5) is 16.8. The van der Waals surface area contributed by atoms with Crippen LogP contribution in [0.4, 0.5) is 5.69 Å². The standard InChI is InChI=1S/C20H12N4O/c1-21-16-4-2-3-14(9-16)15-10-18-19(22-11-15)12-23-20(24-18)13-5-7-17(25)8-6-13/h2-12,25H. The Morgan fingerprint density at radius 3 is 2.44 bits per heavy atom. The Morgan fingerprint density at radius 1 is 0.800 bits per heavy atom. The molecule has 0 radical (unpaired) electrons. The van der Waals surface area contributed by atoms with Crippen LogP contribution in [0.25, 0.3) is 38.4 Å². The Bertz CT molecular complexity index is 1110. The van der Waals surface area contributed by atoms with Crippen LogP contribution in [0.3, 0.4) is 0 Å². The second-order valence-corrected chi connectivity index (χ2v) is 5.53. The summed E-state index contributed by atoms with van der Waals surface area (Å²) in [6, 6.07) is 16.1. The summed E-state index contributed by atoms with van der Waals surface area (Å²) in [7, 11) is 0.